The fourth-order valence-electron chi connectivity index (χ4n) is 3.39. The molecule has 0 fully saturated rings. The van der Waals surface area contributed by atoms with Crippen molar-refractivity contribution in [2.45, 2.75) is 25.7 Å². The maximum Gasteiger partial charge on any atom is 0.144 e. The molecule has 1 aliphatic rings. The molecule has 2 aromatic heterocycles. The number of ether oxygens (including phenoxy) is 1. The first-order chi connectivity index (χ1) is 12.8. The highest BCUT2D eigenvalue weighted by Gasteiger charge is 2.22. The zero-order chi connectivity index (χ0) is 17.9. The summed E-state index contributed by atoms with van der Waals surface area (Å²) in [5, 5.41) is 9.13. The molecule has 26 heavy (non-hydrogen) atoms. The standard InChI is InChI=1S/C20H21ClN4O/c1-26-19-9-8-14(21)12-18(19)25-20-16(7-3-5-11-23-20)17(24-25)13-15-6-2-4-10-22-15/h2,4,6,8-10,12,23H,3,5,7,11,13H2,1H3. The third-order valence-electron chi connectivity index (χ3n) is 4.66. The minimum Gasteiger partial charge on any atom is -0.494 e. The van der Waals surface area contributed by atoms with Crippen molar-refractivity contribution in [3.05, 3.63) is 64.6 Å². The van der Waals surface area contributed by atoms with Crippen LogP contribution < -0.4 is 10.1 Å². The zero-order valence-electron chi connectivity index (χ0n) is 14.7. The number of fused-ring (bicyclic) bond motifs is 1. The number of methoxy groups -OCH3 is 1. The lowest BCUT2D eigenvalue weighted by Gasteiger charge is -2.13. The molecule has 0 saturated carbocycles. The molecular formula is C20H21ClN4O. The van der Waals surface area contributed by atoms with Crippen LogP contribution in [0.5, 0.6) is 5.75 Å². The van der Waals surface area contributed by atoms with Crippen molar-refractivity contribution in [2.24, 2.45) is 0 Å². The minimum absolute atomic E-state index is 0.657. The molecule has 1 aliphatic heterocycles. The van der Waals surface area contributed by atoms with E-state index in [9.17, 15) is 0 Å². The van der Waals surface area contributed by atoms with Crippen molar-refractivity contribution < 1.29 is 4.74 Å². The summed E-state index contributed by atoms with van der Waals surface area (Å²) in [5.41, 5.74) is 4.17. The number of nitrogens with one attached hydrogen (secondary N) is 1. The summed E-state index contributed by atoms with van der Waals surface area (Å²) < 4.78 is 7.48. The van der Waals surface area contributed by atoms with Gasteiger partial charge in [-0.05, 0) is 49.6 Å². The van der Waals surface area contributed by atoms with Gasteiger partial charge >= 0.3 is 0 Å². The van der Waals surface area contributed by atoms with E-state index in [4.69, 9.17) is 21.4 Å². The van der Waals surface area contributed by atoms with Crippen molar-refractivity contribution in [1.82, 2.24) is 14.8 Å². The van der Waals surface area contributed by atoms with Crippen LogP contribution in [0.4, 0.5) is 5.82 Å². The topological polar surface area (TPSA) is 52.0 Å². The van der Waals surface area contributed by atoms with E-state index in [1.165, 1.54) is 5.56 Å². The Morgan fingerprint density at radius 2 is 2.15 bits per heavy atom. The van der Waals surface area contributed by atoms with E-state index in [-0.39, 0.29) is 0 Å². The van der Waals surface area contributed by atoms with Gasteiger partial charge in [-0.1, -0.05) is 17.7 Å². The van der Waals surface area contributed by atoms with Gasteiger partial charge in [-0.15, -0.1) is 0 Å². The highest BCUT2D eigenvalue weighted by atomic mass is 35.5. The fourth-order valence-corrected chi connectivity index (χ4v) is 3.56. The Hall–Kier alpha value is -2.53. The van der Waals surface area contributed by atoms with Gasteiger partial charge in [0.05, 0.1) is 12.8 Å². The monoisotopic (exact) mass is 368 g/mol. The molecule has 0 radical (unpaired) electrons. The SMILES string of the molecule is COc1ccc(Cl)cc1-n1nc(Cc2ccccn2)c2c1NCCCC2. The van der Waals surface area contributed by atoms with E-state index in [0.717, 1.165) is 54.4 Å². The highest BCUT2D eigenvalue weighted by molar-refractivity contribution is 6.30. The van der Waals surface area contributed by atoms with Crippen LogP contribution in [0.15, 0.2) is 42.6 Å². The van der Waals surface area contributed by atoms with E-state index in [0.29, 0.717) is 11.4 Å². The zero-order valence-corrected chi connectivity index (χ0v) is 15.5. The third-order valence-corrected chi connectivity index (χ3v) is 4.89. The first kappa shape index (κ1) is 16.9. The summed E-state index contributed by atoms with van der Waals surface area (Å²) in [4.78, 5) is 4.46. The van der Waals surface area contributed by atoms with E-state index < -0.39 is 0 Å². The molecule has 0 amide bonds. The summed E-state index contributed by atoms with van der Waals surface area (Å²) in [6.07, 6.45) is 5.83. The number of halogens is 1. The molecule has 1 aromatic carbocycles. The van der Waals surface area contributed by atoms with Crippen LogP contribution in [0.25, 0.3) is 5.69 Å². The summed E-state index contributed by atoms with van der Waals surface area (Å²) >= 11 is 6.25. The second-order valence-corrected chi connectivity index (χ2v) is 6.82. The van der Waals surface area contributed by atoms with Crippen LogP contribution in [-0.4, -0.2) is 28.4 Å². The summed E-state index contributed by atoms with van der Waals surface area (Å²) in [7, 11) is 1.66. The van der Waals surface area contributed by atoms with Crippen molar-refractivity contribution in [1.29, 1.82) is 0 Å². The maximum absolute atomic E-state index is 6.25. The minimum atomic E-state index is 0.657. The Morgan fingerprint density at radius 1 is 1.23 bits per heavy atom. The second kappa shape index (κ2) is 7.38. The number of hydrogen-bond donors (Lipinski definition) is 1. The molecule has 5 nitrogen and oxygen atoms in total. The molecule has 3 aromatic rings. The fraction of sp³-hybridized carbons (Fsp3) is 0.300. The van der Waals surface area contributed by atoms with Gasteiger partial charge in [0, 0.05) is 35.4 Å². The lowest BCUT2D eigenvalue weighted by molar-refractivity contribution is 0.412. The maximum atomic E-state index is 6.25. The van der Waals surface area contributed by atoms with Gasteiger partial charge < -0.3 is 10.1 Å². The Morgan fingerprint density at radius 3 is 2.96 bits per heavy atom. The smallest absolute Gasteiger partial charge is 0.144 e. The van der Waals surface area contributed by atoms with E-state index >= 15 is 0 Å². The number of hydrogen-bond acceptors (Lipinski definition) is 4. The van der Waals surface area contributed by atoms with Gasteiger partial charge in [0.1, 0.15) is 17.3 Å². The van der Waals surface area contributed by atoms with Gasteiger partial charge in [-0.2, -0.15) is 5.10 Å². The number of nitrogens with zero attached hydrogens (tertiary/aromatic N) is 3. The molecule has 3 heterocycles. The van der Waals surface area contributed by atoms with Crippen molar-refractivity contribution in [2.75, 3.05) is 19.0 Å². The van der Waals surface area contributed by atoms with E-state index in [1.807, 2.05) is 47.3 Å². The molecule has 6 heteroatoms. The number of benzene rings is 1. The number of anilines is 1. The first-order valence-corrected chi connectivity index (χ1v) is 9.22. The largest absolute Gasteiger partial charge is 0.494 e. The second-order valence-electron chi connectivity index (χ2n) is 6.38. The molecule has 0 spiro atoms. The highest BCUT2D eigenvalue weighted by Crippen LogP contribution is 2.33. The average Bonchev–Trinajstić information content (AvgIpc) is 2.83. The average molecular weight is 369 g/mol. The number of pyridine rings is 1. The molecular weight excluding hydrogens is 348 g/mol. The number of rotatable bonds is 4. The van der Waals surface area contributed by atoms with Gasteiger partial charge in [0.15, 0.2) is 0 Å². The van der Waals surface area contributed by atoms with Crippen LogP contribution >= 0.6 is 11.6 Å². The molecule has 1 N–H and O–H groups in total. The van der Waals surface area contributed by atoms with Crippen molar-refractivity contribution in [3.63, 3.8) is 0 Å². The lowest BCUT2D eigenvalue weighted by atomic mass is 10.1. The van der Waals surface area contributed by atoms with Crippen molar-refractivity contribution in [3.8, 4) is 11.4 Å². The predicted octanol–water partition coefficient (Wildman–Crippen LogP) is 4.27. The molecule has 0 bridgehead atoms. The molecule has 134 valence electrons. The Labute approximate surface area is 158 Å². The molecule has 0 unspecified atom stereocenters. The third kappa shape index (κ3) is 3.27. The quantitative estimate of drug-likeness (QED) is 0.747. The summed E-state index contributed by atoms with van der Waals surface area (Å²) in [6.45, 7) is 0.935. The summed E-state index contributed by atoms with van der Waals surface area (Å²) in [6, 6.07) is 11.6. The first-order valence-electron chi connectivity index (χ1n) is 8.84. The lowest BCUT2D eigenvalue weighted by Crippen LogP contribution is -2.08. The Bertz CT molecular complexity index is 908. The molecule has 0 saturated heterocycles. The van der Waals surface area contributed by atoms with Gasteiger partial charge in [0.25, 0.3) is 0 Å². The van der Waals surface area contributed by atoms with Crippen LogP contribution in [0, 0.1) is 0 Å². The molecule has 0 aliphatic carbocycles. The Balaban J connectivity index is 1.84. The number of aromatic nitrogens is 3. The van der Waals surface area contributed by atoms with Crippen LogP contribution in [0.1, 0.15) is 29.8 Å². The normalized spacial score (nSPS) is 13.6. The van der Waals surface area contributed by atoms with Crippen LogP contribution in [0.3, 0.4) is 0 Å². The molecule has 4 rings (SSSR count). The Kier molecular flexibility index (Phi) is 4.80. The van der Waals surface area contributed by atoms with Gasteiger partial charge in [-0.3, -0.25) is 4.98 Å². The van der Waals surface area contributed by atoms with Crippen LogP contribution in [-0.2, 0) is 12.8 Å². The van der Waals surface area contributed by atoms with Gasteiger partial charge in [0.2, 0.25) is 0 Å². The predicted molar refractivity (Wildman–Crippen MR) is 104 cm³/mol. The van der Waals surface area contributed by atoms with E-state index in [2.05, 4.69) is 10.3 Å². The van der Waals surface area contributed by atoms with Crippen LogP contribution in [0.2, 0.25) is 5.02 Å². The van der Waals surface area contributed by atoms with Gasteiger partial charge in [-0.25, -0.2) is 4.68 Å². The van der Waals surface area contributed by atoms with E-state index in [1.54, 1.807) is 7.11 Å². The van der Waals surface area contributed by atoms with Crippen molar-refractivity contribution >= 4 is 17.4 Å². The molecule has 0 atom stereocenters. The summed E-state index contributed by atoms with van der Waals surface area (Å²) in [5.74, 6) is 1.78.